The Morgan fingerprint density at radius 3 is 2.19 bits per heavy atom. The molecule has 1 aliphatic heterocycles. The van der Waals surface area contributed by atoms with Crippen LogP contribution in [0.5, 0.6) is 0 Å². The van der Waals surface area contributed by atoms with Crippen molar-refractivity contribution in [2.24, 2.45) is 5.92 Å². The molecule has 1 N–H and O–H groups in total. The lowest BCUT2D eigenvalue weighted by molar-refractivity contribution is 0.194. The van der Waals surface area contributed by atoms with Gasteiger partial charge in [0.1, 0.15) is 0 Å². The topological polar surface area (TPSA) is 15.3 Å². The number of hydrogen-bond acceptors (Lipinski definition) is 2. The highest BCUT2D eigenvalue weighted by molar-refractivity contribution is 5.27. The Kier molecular flexibility index (Phi) is 7.49. The molecular weight excluding hydrogens is 328 g/mol. The predicted octanol–water partition coefficient (Wildman–Crippen LogP) is 5.24. The van der Waals surface area contributed by atoms with Gasteiger partial charge in [0.2, 0.25) is 0 Å². The van der Waals surface area contributed by atoms with E-state index in [1.807, 2.05) is 0 Å². The van der Waals surface area contributed by atoms with Crippen LogP contribution in [0.15, 0.2) is 54.6 Å². The summed E-state index contributed by atoms with van der Waals surface area (Å²) in [6.45, 7) is 10.5. The van der Waals surface area contributed by atoms with Gasteiger partial charge in [-0.2, -0.15) is 0 Å². The third kappa shape index (κ3) is 6.19. The molecule has 146 valence electrons. The van der Waals surface area contributed by atoms with Crippen molar-refractivity contribution >= 4 is 0 Å². The molecule has 27 heavy (non-hydrogen) atoms. The quantitative estimate of drug-likeness (QED) is 0.689. The molecule has 0 amide bonds. The van der Waals surface area contributed by atoms with Gasteiger partial charge in [-0.3, -0.25) is 0 Å². The molecule has 0 radical (unpaired) electrons. The molecule has 0 saturated carbocycles. The summed E-state index contributed by atoms with van der Waals surface area (Å²) in [5, 5.41) is 3.83. The van der Waals surface area contributed by atoms with Crippen LogP contribution in [-0.4, -0.2) is 30.6 Å². The largest absolute Gasteiger partial charge is 0.307 e. The fourth-order valence-electron chi connectivity index (χ4n) is 4.23. The molecule has 0 bridgehead atoms. The zero-order chi connectivity index (χ0) is 19.1. The van der Waals surface area contributed by atoms with Crippen molar-refractivity contribution in [1.82, 2.24) is 10.2 Å². The van der Waals surface area contributed by atoms with E-state index >= 15 is 0 Å². The lowest BCUT2D eigenvalue weighted by Gasteiger charge is -2.34. The number of nitrogens with zero attached hydrogens (tertiary/aromatic N) is 1. The van der Waals surface area contributed by atoms with E-state index in [1.165, 1.54) is 50.9 Å². The molecule has 2 aromatic rings. The summed E-state index contributed by atoms with van der Waals surface area (Å²) < 4.78 is 0. The first-order valence-electron chi connectivity index (χ1n) is 10.7. The number of benzene rings is 2. The SMILES string of the molecule is CC(C)Cc1ccccc1CCN1CCC(NC(C)c2ccccc2)CC1. The molecule has 1 heterocycles. The predicted molar refractivity (Wildman–Crippen MR) is 116 cm³/mol. The Hall–Kier alpha value is -1.64. The number of likely N-dealkylation sites (tertiary alicyclic amines) is 1. The van der Waals surface area contributed by atoms with Gasteiger partial charge < -0.3 is 10.2 Å². The summed E-state index contributed by atoms with van der Waals surface area (Å²) in [6, 6.07) is 20.9. The van der Waals surface area contributed by atoms with Crippen molar-refractivity contribution in [2.45, 2.75) is 58.5 Å². The molecule has 1 fully saturated rings. The van der Waals surface area contributed by atoms with E-state index in [1.54, 1.807) is 11.1 Å². The van der Waals surface area contributed by atoms with Crippen LogP contribution in [0, 0.1) is 5.92 Å². The summed E-state index contributed by atoms with van der Waals surface area (Å²) in [6.07, 6.45) is 4.89. The summed E-state index contributed by atoms with van der Waals surface area (Å²) in [5.41, 5.74) is 4.48. The second kappa shape index (κ2) is 10.1. The summed E-state index contributed by atoms with van der Waals surface area (Å²) in [4.78, 5) is 2.65. The van der Waals surface area contributed by atoms with Gasteiger partial charge in [0.05, 0.1) is 0 Å². The summed E-state index contributed by atoms with van der Waals surface area (Å²) in [5.74, 6) is 0.722. The lowest BCUT2D eigenvalue weighted by atomic mass is 9.96. The minimum atomic E-state index is 0.436. The van der Waals surface area contributed by atoms with Crippen molar-refractivity contribution in [3.8, 4) is 0 Å². The zero-order valence-corrected chi connectivity index (χ0v) is 17.3. The van der Waals surface area contributed by atoms with Crippen molar-refractivity contribution in [3.63, 3.8) is 0 Å². The second-order valence-corrected chi connectivity index (χ2v) is 8.53. The Bertz CT molecular complexity index is 672. The lowest BCUT2D eigenvalue weighted by Crippen LogP contribution is -2.43. The molecule has 0 spiro atoms. The van der Waals surface area contributed by atoms with E-state index in [-0.39, 0.29) is 0 Å². The average molecular weight is 365 g/mol. The van der Waals surface area contributed by atoms with Gasteiger partial charge in [0.15, 0.2) is 0 Å². The summed E-state index contributed by atoms with van der Waals surface area (Å²) in [7, 11) is 0. The van der Waals surface area contributed by atoms with Crippen LogP contribution in [0.1, 0.15) is 56.3 Å². The summed E-state index contributed by atoms with van der Waals surface area (Å²) >= 11 is 0. The highest BCUT2D eigenvalue weighted by Crippen LogP contribution is 2.19. The molecule has 1 unspecified atom stereocenters. The van der Waals surface area contributed by atoms with Crippen LogP contribution < -0.4 is 5.32 Å². The molecule has 2 heteroatoms. The minimum absolute atomic E-state index is 0.436. The molecule has 1 atom stereocenters. The first kappa shape index (κ1) is 20.1. The van der Waals surface area contributed by atoms with E-state index in [4.69, 9.17) is 0 Å². The van der Waals surface area contributed by atoms with Crippen molar-refractivity contribution < 1.29 is 0 Å². The standard InChI is InChI=1S/C25H36N2/c1-20(2)19-24-12-8-7-11-23(24)13-16-27-17-14-25(15-18-27)26-21(3)22-9-5-4-6-10-22/h4-12,20-21,25-26H,13-19H2,1-3H3. The number of hydrogen-bond donors (Lipinski definition) is 1. The maximum absolute atomic E-state index is 3.83. The molecule has 3 rings (SSSR count). The van der Waals surface area contributed by atoms with Crippen molar-refractivity contribution in [3.05, 3.63) is 71.3 Å². The van der Waals surface area contributed by atoms with Gasteiger partial charge >= 0.3 is 0 Å². The monoisotopic (exact) mass is 364 g/mol. The fraction of sp³-hybridized carbons (Fsp3) is 0.520. The van der Waals surface area contributed by atoms with Crippen molar-refractivity contribution in [2.75, 3.05) is 19.6 Å². The Balaban J connectivity index is 1.44. The number of nitrogens with one attached hydrogen (secondary N) is 1. The van der Waals surface area contributed by atoms with Gasteiger partial charge in [-0.05, 0) is 68.3 Å². The van der Waals surface area contributed by atoms with Gasteiger partial charge in [0.25, 0.3) is 0 Å². The molecule has 0 aromatic heterocycles. The minimum Gasteiger partial charge on any atom is -0.307 e. The molecule has 1 saturated heterocycles. The molecule has 2 aromatic carbocycles. The second-order valence-electron chi connectivity index (χ2n) is 8.53. The van der Waals surface area contributed by atoms with Crippen molar-refractivity contribution in [1.29, 1.82) is 0 Å². The van der Waals surface area contributed by atoms with E-state index in [0.29, 0.717) is 12.1 Å². The Morgan fingerprint density at radius 2 is 1.52 bits per heavy atom. The van der Waals surface area contributed by atoms with Crippen LogP contribution >= 0.6 is 0 Å². The normalized spacial score (nSPS) is 17.3. The third-order valence-corrected chi connectivity index (χ3v) is 5.82. The smallest absolute Gasteiger partial charge is 0.0294 e. The van der Waals surface area contributed by atoms with E-state index in [2.05, 4.69) is 85.6 Å². The van der Waals surface area contributed by atoms with Gasteiger partial charge in [-0.15, -0.1) is 0 Å². The van der Waals surface area contributed by atoms with Crippen LogP contribution in [0.3, 0.4) is 0 Å². The first-order chi connectivity index (χ1) is 13.1. The van der Waals surface area contributed by atoms with E-state index in [9.17, 15) is 0 Å². The Labute approximate surface area is 166 Å². The van der Waals surface area contributed by atoms with Crippen LogP contribution in [-0.2, 0) is 12.8 Å². The Morgan fingerprint density at radius 1 is 0.889 bits per heavy atom. The zero-order valence-electron chi connectivity index (χ0n) is 17.3. The van der Waals surface area contributed by atoms with Gasteiger partial charge in [0, 0.05) is 18.6 Å². The first-order valence-corrected chi connectivity index (χ1v) is 10.7. The van der Waals surface area contributed by atoms with E-state index in [0.717, 1.165) is 5.92 Å². The van der Waals surface area contributed by atoms with Crippen LogP contribution in [0.25, 0.3) is 0 Å². The average Bonchev–Trinajstić information content (AvgIpc) is 2.68. The maximum atomic E-state index is 3.83. The van der Waals surface area contributed by atoms with Gasteiger partial charge in [-0.25, -0.2) is 0 Å². The van der Waals surface area contributed by atoms with Crippen LogP contribution in [0.4, 0.5) is 0 Å². The fourth-order valence-corrected chi connectivity index (χ4v) is 4.23. The molecular formula is C25H36N2. The maximum Gasteiger partial charge on any atom is 0.0294 e. The number of piperidine rings is 1. The highest BCUT2D eigenvalue weighted by atomic mass is 15.1. The van der Waals surface area contributed by atoms with Gasteiger partial charge in [-0.1, -0.05) is 68.4 Å². The highest BCUT2D eigenvalue weighted by Gasteiger charge is 2.20. The molecule has 2 nitrogen and oxygen atoms in total. The van der Waals surface area contributed by atoms with E-state index < -0.39 is 0 Å². The van der Waals surface area contributed by atoms with Crippen LogP contribution in [0.2, 0.25) is 0 Å². The number of rotatable bonds is 8. The molecule has 0 aliphatic carbocycles. The third-order valence-electron chi connectivity index (χ3n) is 5.82. The molecule has 1 aliphatic rings.